The Bertz CT molecular complexity index is 557. The van der Waals surface area contributed by atoms with Gasteiger partial charge in [-0.15, -0.1) is 0 Å². The third-order valence-electron chi connectivity index (χ3n) is 2.52. The fraction of sp³-hybridized carbons (Fsp3) is 0.462. The second-order valence-corrected chi connectivity index (χ2v) is 6.13. The van der Waals surface area contributed by atoms with Crippen LogP contribution in [0.1, 0.15) is 13.8 Å². The number of rotatable bonds is 7. The van der Waals surface area contributed by atoms with Crippen LogP contribution in [0.3, 0.4) is 0 Å². The largest absolute Gasteiger partial charge is 0.492 e. The number of benzene rings is 1. The Morgan fingerprint density at radius 2 is 2.00 bits per heavy atom. The van der Waals surface area contributed by atoms with E-state index in [2.05, 4.69) is 5.32 Å². The van der Waals surface area contributed by atoms with Crippen molar-refractivity contribution in [3.63, 3.8) is 0 Å². The quantitative estimate of drug-likeness (QED) is 0.814. The van der Waals surface area contributed by atoms with E-state index >= 15 is 0 Å². The Morgan fingerprint density at radius 3 is 2.55 bits per heavy atom. The SMILES string of the molecule is CCOc1ccccc1N(CCNC(C)=O)S(C)(=O)=O. The minimum Gasteiger partial charge on any atom is -0.492 e. The highest BCUT2D eigenvalue weighted by atomic mass is 32.2. The zero-order valence-corrected chi connectivity index (χ0v) is 12.7. The number of sulfonamides is 1. The van der Waals surface area contributed by atoms with Crippen LogP contribution in [0.2, 0.25) is 0 Å². The number of hydrogen-bond donors (Lipinski definition) is 1. The molecular weight excluding hydrogens is 280 g/mol. The number of carbonyl (C=O) groups excluding carboxylic acids is 1. The second-order valence-electron chi connectivity index (χ2n) is 4.22. The molecule has 1 aromatic rings. The normalized spacial score (nSPS) is 10.9. The van der Waals surface area contributed by atoms with Gasteiger partial charge >= 0.3 is 0 Å². The topological polar surface area (TPSA) is 75.7 Å². The van der Waals surface area contributed by atoms with Gasteiger partial charge in [0.2, 0.25) is 15.9 Å². The predicted octanol–water partition coefficient (Wildman–Crippen LogP) is 0.987. The maximum atomic E-state index is 11.9. The molecule has 0 unspecified atom stereocenters. The number of ether oxygens (including phenoxy) is 1. The highest BCUT2D eigenvalue weighted by molar-refractivity contribution is 7.92. The summed E-state index contributed by atoms with van der Waals surface area (Å²) < 4.78 is 30.5. The van der Waals surface area contributed by atoms with Crippen LogP contribution in [0.25, 0.3) is 0 Å². The Hall–Kier alpha value is -1.76. The van der Waals surface area contributed by atoms with E-state index in [9.17, 15) is 13.2 Å². The van der Waals surface area contributed by atoms with Crippen molar-refractivity contribution in [3.8, 4) is 5.75 Å². The summed E-state index contributed by atoms with van der Waals surface area (Å²) in [4.78, 5) is 10.9. The molecule has 20 heavy (non-hydrogen) atoms. The van der Waals surface area contributed by atoms with Gasteiger partial charge in [-0.3, -0.25) is 9.10 Å². The molecule has 0 heterocycles. The summed E-state index contributed by atoms with van der Waals surface area (Å²) >= 11 is 0. The van der Waals surface area contributed by atoms with E-state index in [1.807, 2.05) is 6.92 Å². The highest BCUT2D eigenvalue weighted by Crippen LogP contribution is 2.29. The molecule has 0 aliphatic rings. The highest BCUT2D eigenvalue weighted by Gasteiger charge is 2.20. The molecule has 0 saturated carbocycles. The van der Waals surface area contributed by atoms with Crippen molar-refractivity contribution >= 4 is 21.6 Å². The van der Waals surface area contributed by atoms with E-state index in [-0.39, 0.29) is 19.0 Å². The zero-order chi connectivity index (χ0) is 15.2. The molecule has 0 bridgehead atoms. The van der Waals surface area contributed by atoms with Gasteiger partial charge in [-0.05, 0) is 19.1 Å². The fourth-order valence-electron chi connectivity index (χ4n) is 1.74. The average molecular weight is 300 g/mol. The van der Waals surface area contributed by atoms with Gasteiger partial charge in [0, 0.05) is 13.5 Å². The van der Waals surface area contributed by atoms with Crippen LogP contribution in [-0.2, 0) is 14.8 Å². The van der Waals surface area contributed by atoms with E-state index in [1.54, 1.807) is 24.3 Å². The number of hydrogen-bond acceptors (Lipinski definition) is 4. The van der Waals surface area contributed by atoms with Crippen molar-refractivity contribution in [2.75, 3.05) is 30.3 Å². The molecule has 7 heteroatoms. The zero-order valence-electron chi connectivity index (χ0n) is 11.9. The molecule has 0 aliphatic heterocycles. The Labute approximate surface area is 119 Å². The molecule has 0 saturated heterocycles. The van der Waals surface area contributed by atoms with Crippen LogP contribution < -0.4 is 14.4 Å². The molecule has 0 aliphatic carbocycles. The van der Waals surface area contributed by atoms with Gasteiger partial charge in [0.15, 0.2) is 0 Å². The van der Waals surface area contributed by atoms with Crippen molar-refractivity contribution in [2.45, 2.75) is 13.8 Å². The summed E-state index contributed by atoms with van der Waals surface area (Å²) in [6.07, 6.45) is 1.13. The molecule has 112 valence electrons. The Kier molecular flexibility index (Phi) is 5.82. The lowest BCUT2D eigenvalue weighted by molar-refractivity contribution is -0.118. The summed E-state index contributed by atoms with van der Waals surface area (Å²) in [6, 6.07) is 6.92. The van der Waals surface area contributed by atoms with Crippen LogP contribution in [0, 0.1) is 0 Å². The van der Waals surface area contributed by atoms with E-state index in [4.69, 9.17) is 4.74 Å². The van der Waals surface area contributed by atoms with E-state index in [0.717, 1.165) is 6.26 Å². The monoisotopic (exact) mass is 300 g/mol. The molecule has 0 radical (unpaired) electrons. The summed E-state index contributed by atoms with van der Waals surface area (Å²) in [5, 5.41) is 2.58. The molecule has 1 amide bonds. The average Bonchev–Trinajstić information content (AvgIpc) is 2.34. The lowest BCUT2D eigenvalue weighted by Gasteiger charge is -2.24. The van der Waals surface area contributed by atoms with Gasteiger partial charge in [-0.2, -0.15) is 0 Å². The van der Waals surface area contributed by atoms with Crippen LogP contribution in [0.5, 0.6) is 5.75 Å². The van der Waals surface area contributed by atoms with Gasteiger partial charge in [-0.25, -0.2) is 8.42 Å². The van der Waals surface area contributed by atoms with E-state index < -0.39 is 10.0 Å². The van der Waals surface area contributed by atoms with Crippen LogP contribution in [-0.4, -0.2) is 40.3 Å². The molecule has 0 spiro atoms. The maximum absolute atomic E-state index is 11.9. The maximum Gasteiger partial charge on any atom is 0.232 e. The summed E-state index contributed by atoms with van der Waals surface area (Å²) in [6.45, 7) is 4.06. The molecule has 0 fully saturated rings. The lowest BCUT2D eigenvalue weighted by atomic mass is 10.3. The first kappa shape index (κ1) is 16.3. The first-order valence-electron chi connectivity index (χ1n) is 6.30. The molecular formula is C13H20N2O4S. The number of para-hydroxylation sites is 2. The Morgan fingerprint density at radius 1 is 1.35 bits per heavy atom. The number of amides is 1. The van der Waals surface area contributed by atoms with Crippen LogP contribution >= 0.6 is 0 Å². The smallest absolute Gasteiger partial charge is 0.232 e. The van der Waals surface area contributed by atoms with Crippen molar-refractivity contribution in [1.29, 1.82) is 0 Å². The molecule has 1 aromatic carbocycles. The van der Waals surface area contributed by atoms with Gasteiger partial charge in [0.1, 0.15) is 5.75 Å². The van der Waals surface area contributed by atoms with Gasteiger partial charge in [-0.1, -0.05) is 12.1 Å². The van der Waals surface area contributed by atoms with E-state index in [1.165, 1.54) is 11.2 Å². The summed E-state index contributed by atoms with van der Waals surface area (Å²) in [5.41, 5.74) is 0.474. The lowest BCUT2D eigenvalue weighted by Crippen LogP contribution is -2.37. The molecule has 1 N–H and O–H groups in total. The van der Waals surface area contributed by atoms with Gasteiger partial charge < -0.3 is 10.1 Å². The number of carbonyl (C=O) groups is 1. The summed E-state index contributed by atoms with van der Waals surface area (Å²) in [7, 11) is -3.45. The van der Waals surface area contributed by atoms with E-state index in [0.29, 0.717) is 18.0 Å². The van der Waals surface area contributed by atoms with Crippen molar-refractivity contribution in [3.05, 3.63) is 24.3 Å². The fourth-order valence-corrected chi connectivity index (χ4v) is 2.67. The molecule has 1 rings (SSSR count). The van der Waals surface area contributed by atoms with Crippen molar-refractivity contribution in [1.82, 2.24) is 5.32 Å². The molecule has 0 atom stereocenters. The molecule has 0 aromatic heterocycles. The van der Waals surface area contributed by atoms with Crippen LogP contribution in [0.15, 0.2) is 24.3 Å². The summed E-state index contributed by atoms with van der Waals surface area (Å²) in [5.74, 6) is 0.305. The Balaban J connectivity index is 3.02. The standard InChI is InChI=1S/C13H20N2O4S/c1-4-19-13-8-6-5-7-12(13)15(20(3,17)18)10-9-14-11(2)16/h5-8H,4,9-10H2,1-3H3,(H,14,16). The van der Waals surface area contributed by atoms with Gasteiger partial charge in [0.05, 0.1) is 25.1 Å². The second kappa shape index (κ2) is 7.14. The first-order valence-corrected chi connectivity index (χ1v) is 8.15. The third kappa shape index (κ3) is 4.73. The van der Waals surface area contributed by atoms with Crippen LogP contribution in [0.4, 0.5) is 5.69 Å². The van der Waals surface area contributed by atoms with Crippen molar-refractivity contribution in [2.24, 2.45) is 0 Å². The van der Waals surface area contributed by atoms with Gasteiger partial charge in [0.25, 0.3) is 0 Å². The van der Waals surface area contributed by atoms with Crippen molar-refractivity contribution < 1.29 is 17.9 Å². The number of nitrogens with one attached hydrogen (secondary N) is 1. The minimum absolute atomic E-state index is 0.155. The predicted molar refractivity (Wildman–Crippen MR) is 78.5 cm³/mol. The minimum atomic E-state index is -3.45. The molecule has 6 nitrogen and oxygen atoms in total. The number of nitrogens with zero attached hydrogens (tertiary/aromatic N) is 1. The first-order chi connectivity index (χ1) is 9.36. The number of anilines is 1. The third-order valence-corrected chi connectivity index (χ3v) is 3.70.